The van der Waals surface area contributed by atoms with Gasteiger partial charge in [0.25, 0.3) is 11.5 Å². The van der Waals surface area contributed by atoms with Crippen LogP contribution in [0.1, 0.15) is 10.4 Å². The largest absolute Gasteiger partial charge is 0.378 e. The van der Waals surface area contributed by atoms with Gasteiger partial charge in [-0.1, -0.05) is 30.3 Å². The van der Waals surface area contributed by atoms with Crippen molar-refractivity contribution in [2.45, 2.75) is 0 Å². The van der Waals surface area contributed by atoms with Gasteiger partial charge in [-0.2, -0.15) is 0 Å². The molecule has 7 nitrogen and oxygen atoms in total. The lowest BCUT2D eigenvalue weighted by molar-refractivity contribution is 0.0303. The zero-order valence-corrected chi connectivity index (χ0v) is 15.1. The van der Waals surface area contributed by atoms with Crippen LogP contribution in [0.2, 0.25) is 0 Å². The van der Waals surface area contributed by atoms with E-state index in [0.717, 1.165) is 11.1 Å². The van der Waals surface area contributed by atoms with Gasteiger partial charge in [-0.05, 0) is 18.2 Å². The number of rotatable bonds is 2. The highest BCUT2D eigenvalue weighted by Crippen LogP contribution is 2.23. The molecule has 1 N–H and O–H groups in total. The lowest BCUT2D eigenvalue weighted by Crippen LogP contribution is -2.40. The first-order valence-corrected chi connectivity index (χ1v) is 9.18. The van der Waals surface area contributed by atoms with Gasteiger partial charge < -0.3 is 14.6 Å². The van der Waals surface area contributed by atoms with Gasteiger partial charge in [0, 0.05) is 24.2 Å². The number of ether oxygens (including phenoxy) is 1. The Labute approximate surface area is 160 Å². The molecule has 0 unspecified atom stereocenters. The van der Waals surface area contributed by atoms with E-state index in [4.69, 9.17) is 4.74 Å². The van der Waals surface area contributed by atoms with E-state index in [0.29, 0.717) is 48.7 Å². The maximum absolute atomic E-state index is 12.9. The third-order valence-electron chi connectivity index (χ3n) is 5.06. The number of carbonyl (C=O) groups is 1. The van der Waals surface area contributed by atoms with Crippen molar-refractivity contribution >= 4 is 22.5 Å². The summed E-state index contributed by atoms with van der Waals surface area (Å²) < 4.78 is 7.15. The predicted octanol–water partition coefficient (Wildman–Crippen LogP) is 2.32. The Morgan fingerprint density at radius 2 is 1.82 bits per heavy atom. The molecule has 2 aromatic carbocycles. The Hall–Kier alpha value is -3.45. The molecule has 5 rings (SSSR count). The van der Waals surface area contributed by atoms with Gasteiger partial charge in [0.05, 0.1) is 30.4 Å². The number of morpholine rings is 1. The quantitative estimate of drug-likeness (QED) is 0.584. The fraction of sp³-hybridized carbons (Fsp3) is 0.190. The first-order valence-electron chi connectivity index (χ1n) is 9.18. The maximum atomic E-state index is 12.9. The van der Waals surface area contributed by atoms with Crippen LogP contribution in [-0.2, 0) is 4.74 Å². The number of fused-ring (bicyclic) bond motifs is 3. The van der Waals surface area contributed by atoms with Gasteiger partial charge in [0.15, 0.2) is 0 Å². The first-order chi connectivity index (χ1) is 13.7. The molecular weight excluding hydrogens is 356 g/mol. The molecule has 4 aromatic rings. The standard InChI is InChI=1S/C21H18N4O3/c26-20-18-13-22-19(14-4-2-1-3-5-14)25(18)17-12-15(6-7-16(17)23-20)21(27)24-8-10-28-11-9-24/h1-7,12-13H,8-11H2,(H,23,26). The molecule has 0 radical (unpaired) electrons. The summed E-state index contributed by atoms with van der Waals surface area (Å²) in [6.45, 7) is 2.27. The molecule has 0 bridgehead atoms. The Morgan fingerprint density at radius 3 is 2.61 bits per heavy atom. The molecule has 0 saturated carbocycles. The summed E-state index contributed by atoms with van der Waals surface area (Å²) in [7, 11) is 0. The lowest BCUT2D eigenvalue weighted by Gasteiger charge is -2.27. The zero-order valence-electron chi connectivity index (χ0n) is 15.1. The van der Waals surface area contributed by atoms with Crippen molar-refractivity contribution in [3.63, 3.8) is 0 Å². The fourth-order valence-electron chi connectivity index (χ4n) is 3.64. The number of H-pyrrole nitrogens is 1. The van der Waals surface area contributed by atoms with Gasteiger partial charge in [-0.25, -0.2) is 4.98 Å². The number of nitrogens with zero attached hydrogens (tertiary/aromatic N) is 3. The molecular formula is C21H18N4O3. The van der Waals surface area contributed by atoms with E-state index >= 15 is 0 Å². The monoisotopic (exact) mass is 374 g/mol. The van der Waals surface area contributed by atoms with Gasteiger partial charge in [-0.15, -0.1) is 0 Å². The van der Waals surface area contributed by atoms with Gasteiger partial charge in [-0.3, -0.25) is 14.0 Å². The molecule has 2 aromatic heterocycles. The Bertz CT molecular complexity index is 1240. The number of hydrogen-bond acceptors (Lipinski definition) is 4. The highest BCUT2D eigenvalue weighted by atomic mass is 16.5. The van der Waals surface area contributed by atoms with Crippen LogP contribution in [0.4, 0.5) is 0 Å². The Morgan fingerprint density at radius 1 is 1.04 bits per heavy atom. The average Bonchev–Trinajstić information content (AvgIpc) is 3.21. The molecule has 0 aliphatic carbocycles. The van der Waals surface area contributed by atoms with Crippen LogP contribution in [0.15, 0.2) is 59.5 Å². The van der Waals surface area contributed by atoms with Crippen LogP contribution in [0.25, 0.3) is 27.9 Å². The molecule has 28 heavy (non-hydrogen) atoms. The minimum atomic E-state index is -0.213. The minimum Gasteiger partial charge on any atom is -0.378 e. The highest BCUT2D eigenvalue weighted by molar-refractivity contribution is 5.98. The van der Waals surface area contributed by atoms with Gasteiger partial charge in [0.1, 0.15) is 11.3 Å². The topological polar surface area (TPSA) is 79.7 Å². The van der Waals surface area contributed by atoms with Crippen molar-refractivity contribution in [3.8, 4) is 11.4 Å². The summed E-state index contributed by atoms with van der Waals surface area (Å²) in [5, 5.41) is 0. The number of amides is 1. The SMILES string of the molecule is O=C(c1ccc2[nH]c(=O)c3cnc(-c4ccccc4)n3c2c1)N1CCOCC1. The third-order valence-corrected chi connectivity index (χ3v) is 5.06. The van der Waals surface area contributed by atoms with Crippen LogP contribution in [0.3, 0.4) is 0 Å². The Balaban J connectivity index is 1.72. The first kappa shape index (κ1) is 16.7. The second kappa shape index (κ2) is 6.61. The van der Waals surface area contributed by atoms with Crippen molar-refractivity contribution in [3.05, 3.63) is 70.6 Å². The number of benzene rings is 2. The van der Waals surface area contributed by atoms with Crippen LogP contribution in [0, 0.1) is 0 Å². The number of nitrogens with one attached hydrogen (secondary N) is 1. The van der Waals surface area contributed by atoms with Crippen LogP contribution < -0.4 is 5.56 Å². The van der Waals surface area contributed by atoms with E-state index in [1.54, 1.807) is 23.2 Å². The van der Waals surface area contributed by atoms with Gasteiger partial charge in [0.2, 0.25) is 0 Å². The van der Waals surface area contributed by atoms with Crippen molar-refractivity contribution < 1.29 is 9.53 Å². The van der Waals surface area contributed by atoms with Crippen molar-refractivity contribution in [1.29, 1.82) is 0 Å². The molecule has 3 heterocycles. The molecule has 1 fully saturated rings. The number of aromatic amines is 1. The van der Waals surface area contributed by atoms with E-state index in [-0.39, 0.29) is 11.5 Å². The fourth-order valence-corrected chi connectivity index (χ4v) is 3.64. The van der Waals surface area contributed by atoms with Crippen LogP contribution in [-0.4, -0.2) is 51.5 Å². The zero-order chi connectivity index (χ0) is 19.1. The van der Waals surface area contributed by atoms with Gasteiger partial charge >= 0.3 is 0 Å². The number of aromatic nitrogens is 3. The summed E-state index contributed by atoms with van der Waals surface area (Å²) in [6.07, 6.45) is 1.57. The minimum absolute atomic E-state index is 0.0362. The lowest BCUT2D eigenvalue weighted by atomic mass is 10.1. The molecule has 1 aliphatic rings. The molecule has 1 amide bonds. The van der Waals surface area contributed by atoms with E-state index in [1.165, 1.54) is 0 Å². The molecule has 0 atom stereocenters. The number of imidazole rings is 1. The van der Waals surface area contributed by atoms with Crippen molar-refractivity contribution in [2.24, 2.45) is 0 Å². The Kier molecular flexibility index (Phi) is 3.95. The molecule has 7 heteroatoms. The second-order valence-electron chi connectivity index (χ2n) is 6.76. The summed E-state index contributed by atoms with van der Waals surface area (Å²) in [5.41, 5.74) is 3.11. The van der Waals surface area contributed by atoms with Crippen molar-refractivity contribution in [1.82, 2.24) is 19.3 Å². The second-order valence-corrected chi connectivity index (χ2v) is 6.76. The normalized spacial score (nSPS) is 14.6. The third kappa shape index (κ3) is 2.68. The molecule has 140 valence electrons. The molecule has 1 saturated heterocycles. The van der Waals surface area contributed by atoms with Crippen LogP contribution in [0.5, 0.6) is 0 Å². The summed E-state index contributed by atoms with van der Waals surface area (Å²) in [6, 6.07) is 15.0. The van der Waals surface area contributed by atoms with E-state index < -0.39 is 0 Å². The van der Waals surface area contributed by atoms with Crippen molar-refractivity contribution in [2.75, 3.05) is 26.3 Å². The van der Waals surface area contributed by atoms with Crippen LogP contribution >= 0.6 is 0 Å². The average molecular weight is 374 g/mol. The smallest absolute Gasteiger partial charge is 0.274 e. The predicted molar refractivity (Wildman–Crippen MR) is 105 cm³/mol. The summed E-state index contributed by atoms with van der Waals surface area (Å²) in [4.78, 5) is 34.6. The summed E-state index contributed by atoms with van der Waals surface area (Å²) in [5.74, 6) is 0.633. The number of carbonyl (C=O) groups excluding carboxylic acids is 1. The van der Waals surface area contributed by atoms with E-state index in [9.17, 15) is 9.59 Å². The summed E-state index contributed by atoms with van der Waals surface area (Å²) >= 11 is 0. The number of hydrogen-bond donors (Lipinski definition) is 1. The maximum Gasteiger partial charge on any atom is 0.274 e. The molecule has 1 aliphatic heterocycles. The highest BCUT2D eigenvalue weighted by Gasteiger charge is 2.20. The van der Waals surface area contributed by atoms with E-state index in [1.807, 2.05) is 40.8 Å². The van der Waals surface area contributed by atoms with E-state index in [2.05, 4.69) is 9.97 Å². The molecule has 0 spiro atoms.